The highest BCUT2D eigenvalue weighted by atomic mass is 16.5. The fraction of sp³-hybridized carbons (Fsp3) is 0.538. The Labute approximate surface area is 182 Å². The molecule has 0 bridgehead atoms. The molecule has 2 aliphatic rings. The number of hydrogen-bond donors (Lipinski definition) is 0. The van der Waals surface area contributed by atoms with Crippen LogP contribution in [0.4, 0.5) is 5.69 Å². The fourth-order valence-electron chi connectivity index (χ4n) is 5.43. The summed E-state index contributed by atoms with van der Waals surface area (Å²) in [6, 6.07) is 14.6. The van der Waals surface area contributed by atoms with Gasteiger partial charge in [0.15, 0.2) is 0 Å². The van der Waals surface area contributed by atoms with Crippen LogP contribution >= 0.6 is 0 Å². The van der Waals surface area contributed by atoms with E-state index in [0.717, 1.165) is 31.9 Å². The Balaban J connectivity index is 1.53. The molecule has 2 saturated heterocycles. The Morgan fingerprint density at radius 2 is 1.70 bits per heavy atom. The molecule has 0 radical (unpaired) electrons. The molecule has 4 nitrogen and oxygen atoms in total. The quantitative estimate of drug-likeness (QED) is 0.731. The van der Waals surface area contributed by atoms with E-state index in [4.69, 9.17) is 4.74 Å². The minimum absolute atomic E-state index is 0.553. The molecule has 0 aliphatic carbocycles. The van der Waals surface area contributed by atoms with Crippen LogP contribution in [0.2, 0.25) is 0 Å². The van der Waals surface area contributed by atoms with Crippen molar-refractivity contribution in [2.75, 3.05) is 45.2 Å². The largest absolute Gasteiger partial charge is 0.496 e. The zero-order valence-electron chi connectivity index (χ0n) is 19.3. The summed E-state index contributed by atoms with van der Waals surface area (Å²) in [5, 5.41) is 0. The second-order valence-corrected chi connectivity index (χ2v) is 9.28. The van der Waals surface area contributed by atoms with Crippen molar-refractivity contribution >= 4 is 5.69 Å². The number of nitrogens with zero attached hydrogens (tertiary/aromatic N) is 3. The maximum Gasteiger partial charge on any atom is 0.123 e. The van der Waals surface area contributed by atoms with Gasteiger partial charge in [-0.2, -0.15) is 0 Å². The van der Waals surface area contributed by atoms with Crippen molar-refractivity contribution in [1.29, 1.82) is 0 Å². The average Bonchev–Trinajstić information content (AvgIpc) is 3.17. The van der Waals surface area contributed by atoms with Gasteiger partial charge in [0, 0.05) is 49.5 Å². The lowest BCUT2D eigenvalue weighted by Crippen LogP contribution is -2.59. The molecular formula is C26H37N3O. The van der Waals surface area contributed by atoms with E-state index in [1.807, 2.05) is 0 Å². The van der Waals surface area contributed by atoms with Crippen molar-refractivity contribution in [1.82, 2.24) is 9.80 Å². The van der Waals surface area contributed by atoms with Gasteiger partial charge in [0.2, 0.25) is 0 Å². The first-order valence-electron chi connectivity index (χ1n) is 11.4. The van der Waals surface area contributed by atoms with E-state index >= 15 is 0 Å². The number of aryl methyl sites for hydroxylation is 3. The molecule has 0 amide bonds. The van der Waals surface area contributed by atoms with Gasteiger partial charge in [0.25, 0.3) is 0 Å². The molecule has 2 aromatic carbocycles. The molecule has 2 unspecified atom stereocenters. The van der Waals surface area contributed by atoms with Gasteiger partial charge in [-0.15, -0.1) is 0 Å². The van der Waals surface area contributed by atoms with Gasteiger partial charge in [0.05, 0.1) is 7.11 Å². The molecule has 0 aromatic heterocycles. The molecule has 162 valence electrons. The minimum atomic E-state index is 0.553. The Morgan fingerprint density at radius 1 is 0.933 bits per heavy atom. The van der Waals surface area contributed by atoms with Gasteiger partial charge < -0.3 is 9.64 Å². The van der Waals surface area contributed by atoms with Crippen molar-refractivity contribution in [2.45, 2.75) is 52.2 Å². The molecule has 2 fully saturated rings. The van der Waals surface area contributed by atoms with Crippen molar-refractivity contribution in [3.8, 4) is 5.75 Å². The molecule has 2 aliphatic heterocycles. The highest BCUT2D eigenvalue weighted by Gasteiger charge is 2.37. The number of anilines is 1. The summed E-state index contributed by atoms with van der Waals surface area (Å²) < 4.78 is 5.66. The average molecular weight is 408 g/mol. The number of likely N-dealkylation sites (N-methyl/N-ethyl adjacent to an activating group) is 1. The Morgan fingerprint density at radius 3 is 2.47 bits per heavy atom. The molecule has 30 heavy (non-hydrogen) atoms. The molecular weight excluding hydrogens is 370 g/mol. The van der Waals surface area contributed by atoms with E-state index in [-0.39, 0.29) is 0 Å². The number of rotatable bonds is 5. The third-order valence-corrected chi connectivity index (χ3v) is 7.06. The SMILES string of the molecule is COc1ccc(C)cc1CN1CCCC1C1CN(c2ccc(C)cc2C)CCN1C. The Kier molecular flexibility index (Phi) is 6.35. The van der Waals surface area contributed by atoms with Crippen LogP contribution in [0.25, 0.3) is 0 Å². The first-order valence-corrected chi connectivity index (χ1v) is 11.4. The number of likely N-dealkylation sites (tertiary alicyclic amines) is 1. The van der Waals surface area contributed by atoms with E-state index in [2.05, 4.69) is 78.9 Å². The molecule has 4 heteroatoms. The maximum absolute atomic E-state index is 5.66. The molecule has 4 rings (SSSR count). The lowest BCUT2D eigenvalue weighted by Gasteiger charge is -2.45. The molecule has 2 atom stereocenters. The van der Waals surface area contributed by atoms with Gasteiger partial charge in [0.1, 0.15) is 5.75 Å². The predicted molar refractivity (Wildman–Crippen MR) is 126 cm³/mol. The summed E-state index contributed by atoms with van der Waals surface area (Å²) in [7, 11) is 4.10. The summed E-state index contributed by atoms with van der Waals surface area (Å²) in [5.74, 6) is 1.01. The van der Waals surface area contributed by atoms with Gasteiger partial charge in [-0.1, -0.05) is 35.4 Å². The van der Waals surface area contributed by atoms with Crippen LogP contribution in [0.1, 0.15) is 35.1 Å². The van der Waals surface area contributed by atoms with Crippen molar-refractivity contribution < 1.29 is 4.74 Å². The Hall–Kier alpha value is -2.04. The minimum Gasteiger partial charge on any atom is -0.496 e. The van der Waals surface area contributed by atoms with Gasteiger partial charge in [-0.3, -0.25) is 9.80 Å². The number of hydrogen-bond acceptors (Lipinski definition) is 4. The monoisotopic (exact) mass is 407 g/mol. The second-order valence-electron chi connectivity index (χ2n) is 9.28. The number of methoxy groups -OCH3 is 1. The van der Waals surface area contributed by atoms with Crippen molar-refractivity contribution in [3.05, 3.63) is 58.7 Å². The number of benzene rings is 2. The number of ether oxygens (including phenoxy) is 1. The summed E-state index contributed by atoms with van der Waals surface area (Å²) in [6.07, 6.45) is 2.57. The van der Waals surface area contributed by atoms with Gasteiger partial charge in [-0.25, -0.2) is 0 Å². The lowest BCUT2D eigenvalue weighted by molar-refractivity contribution is 0.108. The third kappa shape index (κ3) is 4.35. The number of piperazine rings is 1. The molecule has 0 N–H and O–H groups in total. The van der Waals surface area contributed by atoms with Gasteiger partial charge in [-0.05, 0) is 64.9 Å². The van der Waals surface area contributed by atoms with Crippen LogP contribution < -0.4 is 9.64 Å². The maximum atomic E-state index is 5.66. The van der Waals surface area contributed by atoms with Crippen LogP contribution in [-0.2, 0) is 6.54 Å². The van der Waals surface area contributed by atoms with E-state index in [1.165, 1.54) is 47.3 Å². The first kappa shape index (κ1) is 21.2. The third-order valence-electron chi connectivity index (χ3n) is 7.06. The van der Waals surface area contributed by atoms with Gasteiger partial charge >= 0.3 is 0 Å². The lowest BCUT2D eigenvalue weighted by atomic mass is 9.99. The molecule has 0 spiro atoms. The molecule has 2 aromatic rings. The Bertz CT molecular complexity index is 881. The van der Waals surface area contributed by atoms with E-state index in [9.17, 15) is 0 Å². The first-order chi connectivity index (χ1) is 14.5. The zero-order valence-corrected chi connectivity index (χ0v) is 19.3. The standard InChI is InChI=1S/C26H37N3O/c1-19-8-10-23(21(3)15-19)29-14-13-27(4)25(18-29)24-7-6-12-28(24)17-22-16-20(2)9-11-26(22)30-5/h8-11,15-16,24-25H,6-7,12-14,17-18H2,1-5H3. The smallest absolute Gasteiger partial charge is 0.123 e. The summed E-state index contributed by atoms with van der Waals surface area (Å²) in [4.78, 5) is 7.91. The van der Waals surface area contributed by atoms with Crippen LogP contribution in [0.5, 0.6) is 5.75 Å². The van der Waals surface area contributed by atoms with Crippen molar-refractivity contribution in [3.63, 3.8) is 0 Å². The normalized spacial score (nSPS) is 23.2. The van der Waals surface area contributed by atoms with Crippen LogP contribution in [0, 0.1) is 20.8 Å². The molecule has 0 saturated carbocycles. The highest BCUT2D eigenvalue weighted by Crippen LogP contribution is 2.31. The van der Waals surface area contributed by atoms with Crippen LogP contribution in [-0.4, -0.2) is 62.2 Å². The summed E-state index contributed by atoms with van der Waals surface area (Å²) in [6.45, 7) is 12.1. The zero-order chi connectivity index (χ0) is 21.3. The predicted octanol–water partition coefficient (Wildman–Crippen LogP) is 4.41. The van der Waals surface area contributed by atoms with E-state index < -0.39 is 0 Å². The van der Waals surface area contributed by atoms with Crippen LogP contribution in [0.3, 0.4) is 0 Å². The molecule has 2 heterocycles. The van der Waals surface area contributed by atoms with Crippen LogP contribution in [0.15, 0.2) is 36.4 Å². The van der Waals surface area contributed by atoms with Crippen molar-refractivity contribution in [2.24, 2.45) is 0 Å². The summed E-state index contributed by atoms with van der Waals surface area (Å²) in [5.41, 5.74) is 6.76. The van der Waals surface area contributed by atoms with E-state index in [1.54, 1.807) is 7.11 Å². The second kappa shape index (κ2) is 8.99. The van der Waals surface area contributed by atoms with E-state index in [0.29, 0.717) is 12.1 Å². The topological polar surface area (TPSA) is 19.0 Å². The highest BCUT2D eigenvalue weighted by molar-refractivity contribution is 5.55. The summed E-state index contributed by atoms with van der Waals surface area (Å²) >= 11 is 0. The fourth-order valence-corrected chi connectivity index (χ4v) is 5.43.